The molecule has 140 valence electrons. The van der Waals surface area contributed by atoms with Crippen molar-refractivity contribution in [3.63, 3.8) is 0 Å². The molecule has 3 rings (SSSR count). The number of aryl methyl sites for hydroxylation is 1. The quantitative estimate of drug-likeness (QED) is 0.424. The molecular formula is C22H17NO4S. The number of hydrogen-bond acceptors (Lipinski definition) is 5. The van der Waals surface area contributed by atoms with Crippen LogP contribution in [0.4, 0.5) is 4.79 Å². The van der Waals surface area contributed by atoms with Crippen LogP contribution in [0.25, 0.3) is 6.08 Å². The van der Waals surface area contributed by atoms with Crippen LogP contribution in [-0.4, -0.2) is 35.0 Å². The lowest BCUT2D eigenvalue weighted by molar-refractivity contribution is -0.122. The second kappa shape index (κ2) is 8.59. The highest BCUT2D eigenvalue weighted by atomic mass is 32.2. The molecule has 0 aromatic heterocycles. The summed E-state index contributed by atoms with van der Waals surface area (Å²) < 4.78 is 5.30. The third kappa shape index (κ3) is 4.51. The van der Waals surface area contributed by atoms with E-state index in [1.54, 1.807) is 42.5 Å². The third-order valence-corrected chi connectivity index (χ3v) is 4.96. The lowest BCUT2D eigenvalue weighted by Crippen LogP contribution is -2.33. The summed E-state index contributed by atoms with van der Waals surface area (Å²) in [6.45, 7) is 1.82. The van der Waals surface area contributed by atoms with Gasteiger partial charge in [0, 0.05) is 5.56 Å². The SMILES string of the molecule is C#CCOc1ccc(/C=C2\SC(=O)N(CC(=O)c3ccc(C)cc3)C2=O)cc1. The Hall–Kier alpha value is -3.30. The summed E-state index contributed by atoms with van der Waals surface area (Å²) in [7, 11) is 0. The van der Waals surface area contributed by atoms with Gasteiger partial charge in [-0.25, -0.2) is 0 Å². The van der Waals surface area contributed by atoms with Gasteiger partial charge in [0.15, 0.2) is 5.78 Å². The molecule has 0 bridgehead atoms. The van der Waals surface area contributed by atoms with E-state index in [9.17, 15) is 14.4 Å². The van der Waals surface area contributed by atoms with Crippen molar-refractivity contribution in [3.05, 3.63) is 70.1 Å². The Bertz CT molecular complexity index is 985. The Labute approximate surface area is 167 Å². The Morgan fingerprint density at radius 3 is 2.46 bits per heavy atom. The van der Waals surface area contributed by atoms with E-state index >= 15 is 0 Å². The van der Waals surface area contributed by atoms with Gasteiger partial charge < -0.3 is 4.74 Å². The molecule has 0 atom stereocenters. The summed E-state index contributed by atoms with van der Waals surface area (Å²) in [6, 6.07) is 14.0. The van der Waals surface area contributed by atoms with Gasteiger partial charge in [0.1, 0.15) is 12.4 Å². The highest BCUT2D eigenvalue weighted by Crippen LogP contribution is 2.32. The molecule has 0 spiro atoms. The van der Waals surface area contributed by atoms with Gasteiger partial charge in [0.2, 0.25) is 0 Å². The van der Waals surface area contributed by atoms with E-state index in [0.717, 1.165) is 27.8 Å². The zero-order valence-corrected chi connectivity index (χ0v) is 16.0. The summed E-state index contributed by atoms with van der Waals surface area (Å²) in [6.07, 6.45) is 6.77. The van der Waals surface area contributed by atoms with Crippen LogP contribution in [0.3, 0.4) is 0 Å². The fraction of sp³-hybridized carbons (Fsp3) is 0.136. The van der Waals surface area contributed by atoms with Crippen LogP contribution in [0.1, 0.15) is 21.5 Å². The van der Waals surface area contributed by atoms with Crippen molar-refractivity contribution in [3.8, 4) is 18.1 Å². The Balaban J connectivity index is 1.70. The number of ether oxygens (including phenoxy) is 1. The maximum Gasteiger partial charge on any atom is 0.293 e. The fourth-order valence-electron chi connectivity index (χ4n) is 2.55. The number of benzene rings is 2. The van der Waals surface area contributed by atoms with Crippen LogP contribution in [-0.2, 0) is 4.79 Å². The first-order valence-electron chi connectivity index (χ1n) is 8.49. The molecule has 1 heterocycles. The van der Waals surface area contributed by atoms with Crippen LogP contribution in [0.5, 0.6) is 5.75 Å². The van der Waals surface area contributed by atoms with E-state index in [1.807, 2.05) is 19.1 Å². The summed E-state index contributed by atoms with van der Waals surface area (Å²) in [5.41, 5.74) is 2.24. The molecule has 5 nitrogen and oxygen atoms in total. The Kier molecular flexibility index (Phi) is 5.97. The second-order valence-electron chi connectivity index (χ2n) is 6.12. The largest absolute Gasteiger partial charge is 0.481 e. The van der Waals surface area contributed by atoms with Crippen LogP contribution < -0.4 is 4.74 Å². The molecule has 2 aromatic rings. The lowest BCUT2D eigenvalue weighted by Gasteiger charge is -2.11. The number of carbonyl (C=O) groups is 3. The first-order chi connectivity index (χ1) is 13.5. The number of rotatable bonds is 6. The van der Waals surface area contributed by atoms with E-state index < -0.39 is 11.1 Å². The summed E-state index contributed by atoms with van der Waals surface area (Å²) in [4.78, 5) is 38.4. The van der Waals surface area contributed by atoms with E-state index in [2.05, 4.69) is 5.92 Å². The molecular weight excluding hydrogens is 374 g/mol. The molecule has 0 aliphatic carbocycles. The molecule has 0 N–H and O–H groups in total. The number of hydrogen-bond donors (Lipinski definition) is 0. The monoisotopic (exact) mass is 391 g/mol. The third-order valence-electron chi connectivity index (χ3n) is 4.05. The number of terminal acetylenes is 1. The molecule has 1 aliphatic heterocycles. The van der Waals surface area contributed by atoms with Gasteiger partial charge in [0.05, 0.1) is 11.4 Å². The topological polar surface area (TPSA) is 63.7 Å². The number of thioether (sulfide) groups is 1. The minimum atomic E-state index is -0.469. The maximum atomic E-state index is 12.6. The van der Waals surface area contributed by atoms with E-state index in [4.69, 9.17) is 11.2 Å². The van der Waals surface area contributed by atoms with E-state index in [-0.39, 0.29) is 23.8 Å². The number of amides is 2. The first kappa shape index (κ1) is 19.5. The minimum absolute atomic E-state index is 0.174. The van der Waals surface area contributed by atoms with Crippen LogP contribution in [0.2, 0.25) is 0 Å². The summed E-state index contributed by atoms with van der Waals surface area (Å²) in [5, 5.41) is -0.453. The van der Waals surface area contributed by atoms with Crippen LogP contribution >= 0.6 is 11.8 Å². The molecule has 0 unspecified atom stereocenters. The highest BCUT2D eigenvalue weighted by Gasteiger charge is 2.36. The van der Waals surface area contributed by atoms with Crippen molar-refractivity contribution in [1.29, 1.82) is 0 Å². The predicted molar refractivity (Wildman–Crippen MR) is 109 cm³/mol. The van der Waals surface area contributed by atoms with Gasteiger partial charge in [-0.05, 0) is 42.5 Å². The molecule has 0 radical (unpaired) electrons. The maximum absolute atomic E-state index is 12.6. The Morgan fingerprint density at radius 1 is 1.14 bits per heavy atom. The van der Waals surface area contributed by atoms with Gasteiger partial charge in [-0.15, -0.1) is 6.42 Å². The average molecular weight is 391 g/mol. The molecule has 1 saturated heterocycles. The molecule has 0 saturated carbocycles. The van der Waals surface area contributed by atoms with Gasteiger partial charge in [-0.1, -0.05) is 47.9 Å². The molecule has 28 heavy (non-hydrogen) atoms. The van der Waals surface area contributed by atoms with Crippen molar-refractivity contribution in [1.82, 2.24) is 4.90 Å². The van der Waals surface area contributed by atoms with Gasteiger partial charge >= 0.3 is 0 Å². The molecule has 2 amide bonds. The van der Waals surface area contributed by atoms with Crippen molar-refractivity contribution < 1.29 is 19.1 Å². The number of nitrogens with zero attached hydrogens (tertiary/aromatic N) is 1. The van der Waals surface area contributed by atoms with Crippen molar-refractivity contribution >= 4 is 34.8 Å². The normalized spacial score (nSPS) is 15.0. The molecule has 1 aliphatic rings. The Morgan fingerprint density at radius 2 is 1.82 bits per heavy atom. The second-order valence-corrected chi connectivity index (χ2v) is 7.11. The number of imide groups is 1. The highest BCUT2D eigenvalue weighted by molar-refractivity contribution is 8.18. The zero-order valence-electron chi connectivity index (χ0n) is 15.2. The van der Waals surface area contributed by atoms with Crippen LogP contribution in [0.15, 0.2) is 53.4 Å². The average Bonchev–Trinajstić information content (AvgIpc) is 2.95. The van der Waals surface area contributed by atoms with Gasteiger partial charge in [-0.3, -0.25) is 19.3 Å². The van der Waals surface area contributed by atoms with E-state index in [0.29, 0.717) is 11.3 Å². The zero-order chi connectivity index (χ0) is 20.1. The van der Waals surface area contributed by atoms with E-state index in [1.165, 1.54) is 0 Å². The van der Waals surface area contributed by atoms with Crippen molar-refractivity contribution in [2.24, 2.45) is 0 Å². The summed E-state index contributed by atoms with van der Waals surface area (Å²) >= 11 is 0.823. The fourth-order valence-corrected chi connectivity index (χ4v) is 3.39. The van der Waals surface area contributed by atoms with Gasteiger partial charge in [-0.2, -0.15) is 0 Å². The van der Waals surface area contributed by atoms with Crippen LogP contribution in [0, 0.1) is 19.3 Å². The standard InChI is InChI=1S/C22H17NO4S/c1-3-12-27-18-10-6-16(7-11-18)13-20-21(25)23(22(26)28-20)14-19(24)17-8-4-15(2)5-9-17/h1,4-11,13H,12,14H2,2H3/b20-13-. The smallest absolute Gasteiger partial charge is 0.293 e. The lowest BCUT2D eigenvalue weighted by atomic mass is 10.1. The van der Waals surface area contributed by atoms with Crippen molar-refractivity contribution in [2.75, 3.05) is 13.2 Å². The van der Waals surface area contributed by atoms with Gasteiger partial charge in [0.25, 0.3) is 11.1 Å². The predicted octanol–water partition coefficient (Wildman–Crippen LogP) is 3.93. The van der Waals surface area contributed by atoms with Crippen molar-refractivity contribution in [2.45, 2.75) is 6.92 Å². The first-order valence-corrected chi connectivity index (χ1v) is 9.31. The molecule has 2 aromatic carbocycles. The number of carbonyl (C=O) groups excluding carboxylic acids is 3. The number of Topliss-reactive ketones (excluding diaryl/α,β-unsaturated/α-hetero) is 1. The number of ketones is 1. The minimum Gasteiger partial charge on any atom is -0.481 e. The molecule has 1 fully saturated rings. The molecule has 6 heteroatoms. The summed E-state index contributed by atoms with van der Waals surface area (Å²) in [5.74, 6) is 2.25.